The van der Waals surface area contributed by atoms with Crippen LogP contribution in [0.4, 0.5) is 5.69 Å². The van der Waals surface area contributed by atoms with Gasteiger partial charge < -0.3 is 19.7 Å². The number of carbonyl (C=O) groups is 2. The van der Waals surface area contributed by atoms with Gasteiger partial charge in [-0.1, -0.05) is 31.0 Å². The predicted octanol–water partition coefficient (Wildman–Crippen LogP) is 3.66. The van der Waals surface area contributed by atoms with Crippen molar-refractivity contribution in [3.8, 4) is 11.5 Å². The van der Waals surface area contributed by atoms with E-state index in [0.717, 1.165) is 25.7 Å². The maximum absolute atomic E-state index is 13.5. The van der Waals surface area contributed by atoms with Crippen LogP contribution >= 0.6 is 0 Å². The van der Waals surface area contributed by atoms with Crippen molar-refractivity contribution in [1.82, 2.24) is 9.80 Å². The molecule has 1 aliphatic heterocycles. The van der Waals surface area contributed by atoms with Crippen molar-refractivity contribution in [2.75, 3.05) is 45.7 Å². The van der Waals surface area contributed by atoms with Crippen molar-refractivity contribution in [2.24, 2.45) is 5.92 Å². The number of benzene rings is 2. The lowest BCUT2D eigenvalue weighted by molar-refractivity contribution is -0.123. The van der Waals surface area contributed by atoms with Gasteiger partial charge in [-0.25, -0.2) is 0 Å². The summed E-state index contributed by atoms with van der Waals surface area (Å²) in [6.07, 6.45) is 4.44. The zero-order chi connectivity index (χ0) is 23.2. The Morgan fingerprint density at radius 3 is 2.09 bits per heavy atom. The second kappa shape index (κ2) is 10.7. The van der Waals surface area contributed by atoms with E-state index in [0.29, 0.717) is 54.8 Å². The minimum absolute atomic E-state index is 0.0000389. The second-order valence-electron chi connectivity index (χ2n) is 8.77. The molecule has 33 heavy (non-hydrogen) atoms. The van der Waals surface area contributed by atoms with E-state index in [1.807, 2.05) is 47.4 Å². The van der Waals surface area contributed by atoms with Crippen LogP contribution in [0.25, 0.3) is 0 Å². The maximum atomic E-state index is 13.5. The fourth-order valence-corrected chi connectivity index (χ4v) is 5.01. The molecule has 176 valence electrons. The van der Waals surface area contributed by atoms with Crippen LogP contribution in [0.5, 0.6) is 11.5 Å². The summed E-state index contributed by atoms with van der Waals surface area (Å²) in [5.41, 5.74) is 1.38. The summed E-state index contributed by atoms with van der Waals surface area (Å²) in [7, 11) is 3.19. The quantitative estimate of drug-likeness (QED) is 0.696. The number of ether oxygens (including phenoxy) is 2. The van der Waals surface area contributed by atoms with Crippen molar-refractivity contribution >= 4 is 17.5 Å². The molecule has 7 nitrogen and oxygen atoms in total. The first-order chi connectivity index (χ1) is 16.1. The van der Waals surface area contributed by atoms with Gasteiger partial charge in [0.25, 0.3) is 5.91 Å². The molecule has 1 aliphatic carbocycles. The molecule has 1 N–H and O–H groups in total. The van der Waals surface area contributed by atoms with Crippen LogP contribution in [0.15, 0.2) is 48.5 Å². The summed E-state index contributed by atoms with van der Waals surface area (Å²) in [5.74, 6) is 1.65. The molecule has 0 radical (unpaired) electrons. The Morgan fingerprint density at radius 2 is 1.52 bits per heavy atom. The molecule has 0 bridgehead atoms. The number of rotatable bonds is 7. The summed E-state index contributed by atoms with van der Waals surface area (Å²) in [4.78, 5) is 30.5. The average Bonchev–Trinajstić information content (AvgIpc) is 3.38. The highest BCUT2D eigenvalue weighted by Crippen LogP contribution is 2.32. The van der Waals surface area contributed by atoms with Crippen LogP contribution in [0.1, 0.15) is 36.0 Å². The number of hydrogen-bond donors (Lipinski definition) is 1. The Labute approximate surface area is 195 Å². The standard InChI is InChI=1S/C26H33N3O4/c1-32-22-16-21(17-23(18-22)33-2)27-25(30)24(19-8-6-7-9-19)28-12-14-29(15-13-28)26(31)20-10-4-3-5-11-20/h3-5,10-11,16-19,24H,6-9,12-15H2,1-2H3,(H,27,30). The molecule has 1 saturated carbocycles. The van der Waals surface area contributed by atoms with Crippen LogP contribution in [0, 0.1) is 5.92 Å². The topological polar surface area (TPSA) is 71.1 Å². The molecule has 1 saturated heterocycles. The minimum atomic E-state index is -0.210. The molecule has 2 fully saturated rings. The lowest BCUT2D eigenvalue weighted by atomic mass is 9.94. The zero-order valence-electron chi connectivity index (χ0n) is 19.5. The lowest BCUT2D eigenvalue weighted by Gasteiger charge is -2.40. The molecular formula is C26H33N3O4. The van der Waals surface area contributed by atoms with Gasteiger partial charge in [0, 0.05) is 55.6 Å². The number of methoxy groups -OCH3 is 2. The molecule has 0 spiro atoms. The summed E-state index contributed by atoms with van der Waals surface area (Å²) >= 11 is 0. The summed E-state index contributed by atoms with van der Waals surface area (Å²) in [6.45, 7) is 2.62. The highest BCUT2D eigenvalue weighted by Gasteiger charge is 2.37. The number of amides is 2. The van der Waals surface area contributed by atoms with Gasteiger partial charge in [-0.3, -0.25) is 14.5 Å². The molecule has 7 heteroatoms. The largest absolute Gasteiger partial charge is 0.497 e. The highest BCUT2D eigenvalue weighted by atomic mass is 16.5. The molecule has 2 aliphatic rings. The van der Waals surface area contributed by atoms with E-state index in [4.69, 9.17) is 9.47 Å². The van der Waals surface area contributed by atoms with E-state index in [2.05, 4.69) is 10.2 Å². The molecule has 2 aromatic rings. The van der Waals surface area contributed by atoms with Crippen LogP contribution in [0.2, 0.25) is 0 Å². The van der Waals surface area contributed by atoms with Gasteiger partial charge in [-0.2, -0.15) is 0 Å². The minimum Gasteiger partial charge on any atom is -0.497 e. The van der Waals surface area contributed by atoms with Crippen molar-refractivity contribution in [3.63, 3.8) is 0 Å². The Hall–Kier alpha value is -3.06. The second-order valence-corrected chi connectivity index (χ2v) is 8.77. The Kier molecular flexibility index (Phi) is 7.50. The van der Waals surface area contributed by atoms with Gasteiger partial charge in [0.05, 0.1) is 20.3 Å². The van der Waals surface area contributed by atoms with Crippen molar-refractivity contribution in [1.29, 1.82) is 0 Å². The molecule has 2 aromatic carbocycles. The van der Waals surface area contributed by atoms with Gasteiger partial charge >= 0.3 is 0 Å². The predicted molar refractivity (Wildman–Crippen MR) is 128 cm³/mol. The number of nitrogens with one attached hydrogen (secondary N) is 1. The first-order valence-electron chi connectivity index (χ1n) is 11.7. The first-order valence-corrected chi connectivity index (χ1v) is 11.7. The summed E-state index contributed by atoms with van der Waals surface area (Å²) in [5, 5.41) is 3.10. The number of anilines is 1. The maximum Gasteiger partial charge on any atom is 0.253 e. The van der Waals surface area contributed by atoms with E-state index in [9.17, 15) is 9.59 Å². The smallest absolute Gasteiger partial charge is 0.253 e. The third kappa shape index (κ3) is 5.47. The first kappa shape index (κ1) is 23.1. The van der Waals surface area contributed by atoms with Gasteiger partial charge in [-0.15, -0.1) is 0 Å². The van der Waals surface area contributed by atoms with E-state index in [-0.39, 0.29) is 17.9 Å². The van der Waals surface area contributed by atoms with Crippen LogP contribution in [0.3, 0.4) is 0 Å². The summed E-state index contributed by atoms with van der Waals surface area (Å²) < 4.78 is 10.7. The zero-order valence-corrected chi connectivity index (χ0v) is 19.5. The Bertz CT molecular complexity index is 929. The van der Waals surface area contributed by atoms with Crippen LogP contribution in [-0.2, 0) is 4.79 Å². The van der Waals surface area contributed by atoms with Crippen molar-refractivity contribution in [3.05, 3.63) is 54.1 Å². The van der Waals surface area contributed by atoms with E-state index in [1.54, 1.807) is 20.3 Å². The van der Waals surface area contributed by atoms with E-state index >= 15 is 0 Å². The van der Waals surface area contributed by atoms with Gasteiger partial charge in [-0.05, 0) is 30.9 Å². The fraction of sp³-hybridized carbons (Fsp3) is 0.462. The number of carbonyl (C=O) groups excluding carboxylic acids is 2. The van der Waals surface area contributed by atoms with Gasteiger partial charge in [0.1, 0.15) is 11.5 Å². The van der Waals surface area contributed by atoms with Crippen molar-refractivity contribution in [2.45, 2.75) is 31.7 Å². The molecule has 4 rings (SSSR count). The molecule has 1 unspecified atom stereocenters. The SMILES string of the molecule is COc1cc(NC(=O)C(C2CCCC2)N2CCN(C(=O)c3ccccc3)CC2)cc(OC)c1. The van der Waals surface area contributed by atoms with Crippen molar-refractivity contribution < 1.29 is 19.1 Å². The fourth-order valence-electron chi connectivity index (χ4n) is 5.01. The third-order valence-corrected chi connectivity index (χ3v) is 6.75. The number of hydrogen-bond acceptors (Lipinski definition) is 5. The normalized spacial score (nSPS) is 18.1. The number of piperazine rings is 1. The molecular weight excluding hydrogens is 418 g/mol. The lowest BCUT2D eigenvalue weighted by Crippen LogP contribution is -2.56. The van der Waals surface area contributed by atoms with E-state index < -0.39 is 0 Å². The van der Waals surface area contributed by atoms with Crippen LogP contribution < -0.4 is 14.8 Å². The number of nitrogens with zero attached hydrogens (tertiary/aromatic N) is 2. The summed E-state index contributed by atoms with van der Waals surface area (Å²) in [6, 6.07) is 14.6. The Morgan fingerprint density at radius 1 is 0.909 bits per heavy atom. The van der Waals surface area contributed by atoms with Crippen LogP contribution in [-0.4, -0.2) is 68.1 Å². The monoisotopic (exact) mass is 451 g/mol. The molecule has 2 amide bonds. The Balaban J connectivity index is 1.46. The highest BCUT2D eigenvalue weighted by molar-refractivity contribution is 5.96. The third-order valence-electron chi connectivity index (χ3n) is 6.75. The van der Waals surface area contributed by atoms with E-state index in [1.165, 1.54) is 0 Å². The molecule has 1 heterocycles. The molecule has 1 atom stereocenters. The average molecular weight is 452 g/mol. The molecule has 0 aromatic heterocycles. The van der Waals surface area contributed by atoms with Gasteiger partial charge in [0.2, 0.25) is 5.91 Å². The van der Waals surface area contributed by atoms with Gasteiger partial charge in [0.15, 0.2) is 0 Å².